The van der Waals surface area contributed by atoms with Gasteiger partial charge in [0.15, 0.2) is 11.5 Å². The second-order valence-corrected chi connectivity index (χ2v) is 9.66. The molecule has 0 bridgehead atoms. The fourth-order valence-corrected chi connectivity index (χ4v) is 4.99. The molecule has 1 aliphatic heterocycles. The maximum atomic E-state index is 13.4. The Morgan fingerprint density at radius 3 is 2.24 bits per heavy atom. The minimum atomic E-state index is -0.797. The second kappa shape index (κ2) is 13.9. The van der Waals surface area contributed by atoms with Gasteiger partial charge in [0.1, 0.15) is 18.1 Å². The van der Waals surface area contributed by atoms with Crippen molar-refractivity contribution in [2.75, 3.05) is 39.9 Å². The molecule has 1 atom stereocenters. The van der Waals surface area contributed by atoms with Crippen molar-refractivity contribution in [2.45, 2.75) is 33.4 Å². The molecule has 1 saturated heterocycles. The molecule has 41 heavy (non-hydrogen) atoms. The standard InChI is InChI=1S/C33H38N2O6/c1-5-34(6-2)19-20-35-30(25-15-18-27(28(21-25)39-4)41-22-23-11-9-8-10-12-23)29(32(37)33(35)38)31(36)24-13-16-26(17-14-24)40-7-3/h8-18,21,30,36H,5-7,19-20,22H2,1-4H3/b31-29+. The van der Waals surface area contributed by atoms with E-state index in [2.05, 4.69) is 18.7 Å². The van der Waals surface area contributed by atoms with Gasteiger partial charge in [0.05, 0.1) is 25.3 Å². The molecule has 1 N–H and O–H groups in total. The van der Waals surface area contributed by atoms with E-state index in [1.807, 2.05) is 43.3 Å². The highest BCUT2D eigenvalue weighted by Crippen LogP contribution is 2.42. The number of ketones is 1. The molecule has 1 amide bonds. The summed E-state index contributed by atoms with van der Waals surface area (Å²) in [6.07, 6.45) is 0. The molecule has 3 aromatic carbocycles. The molecule has 0 spiro atoms. The predicted molar refractivity (Wildman–Crippen MR) is 158 cm³/mol. The van der Waals surface area contributed by atoms with Crippen LogP contribution >= 0.6 is 0 Å². The fraction of sp³-hybridized carbons (Fsp3) is 0.333. The zero-order chi connectivity index (χ0) is 29.4. The van der Waals surface area contributed by atoms with E-state index in [1.54, 1.807) is 48.4 Å². The van der Waals surface area contributed by atoms with E-state index in [0.29, 0.717) is 54.7 Å². The molecule has 0 aliphatic carbocycles. The van der Waals surface area contributed by atoms with Crippen molar-refractivity contribution in [2.24, 2.45) is 0 Å². The molecule has 0 aromatic heterocycles. The zero-order valence-electron chi connectivity index (χ0n) is 24.1. The van der Waals surface area contributed by atoms with E-state index in [9.17, 15) is 14.7 Å². The van der Waals surface area contributed by atoms with Gasteiger partial charge in [-0.2, -0.15) is 0 Å². The Morgan fingerprint density at radius 1 is 0.902 bits per heavy atom. The maximum Gasteiger partial charge on any atom is 0.295 e. The van der Waals surface area contributed by atoms with Gasteiger partial charge in [-0.3, -0.25) is 9.59 Å². The lowest BCUT2D eigenvalue weighted by Crippen LogP contribution is -2.38. The van der Waals surface area contributed by atoms with E-state index in [4.69, 9.17) is 14.2 Å². The number of hydrogen-bond donors (Lipinski definition) is 1. The number of Topliss-reactive ketones (excluding diaryl/α,β-unsaturated/α-hetero) is 1. The molecule has 8 nitrogen and oxygen atoms in total. The quantitative estimate of drug-likeness (QED) is 0.170. The van der Waals surface area contributed by atoms with Crippen LogP contribution in [0, 0.1) is 0 Å². The monoisotopic (exact) mass is 558 g/mol. The lowest BCUT2D eigenvalue weighted by atomic mass is 9.95. The van der Waals surface area contributed by atoms with Gasteiger partial charge in [0.2, 0.25) is 0 Å². The zero-order valence-corrected chi connectivity index (χ0v) is 24.1. The van der Waals surface area contributed by atoms with Gasteiger partial charge in [-0.05, 0) is 67.5 Å². The summed E-state index contributed by atoms with van der Waals surface area (Å²) < 4.78 is 17.2. The van der Waals surface area contributed by atoms with Gasteiger partial charge in [-0.1, -0.05) is 50.2 Å². The Bertz CT molecular complexity index is 1370. The van der Waals surface area contributed by atoms with E-state index < -0.39 is 17.7 Å². The van der Waals surface area contributed by atoms with Crippen LogP contribution in [0.15, 0.2) is 78.4 Å². The summed E-state index contributed by atoms with van der Waals surface area (Å²) in [5.41, 5.74) is 2.12. The summed E-state index contributed by atoms with van der Waals surface area (Å²) in [5.74, 6) is 0.0593. The smallest absolute Gasteiger partial charge is 0.295 e. The van der Waals surface area contributed by atoms with E-state index in [0.717, 1.165) is 18.7 Å². The minimum Gasteiger partial charge on any atom is -0.507 e. The van der Waals surface area contributed by atoms with Gasteiger partial charge >= 0.3 is 0 Å². The van der Waals surface area contributed by atoms with E-state index in [1.165, 1.54) is 0 Å². The Morgan fingerprint density at radius 2 is 1.61 bits per heavy atom. The summed E-state index contributed by atoms with van der Waals surface area (Å²) >= 11 is 0. The summed E-state index contributed by atoms with van der Waals surface area (Å²) in [4.78, 5) is 30.6. The Hall–Kier alpha value is -4.30. The molecule has 1 fully saturated rings. The lowest BCUT2D eigenvalue weighted by molar-refractivity contribution is -0.140. The average Bonchev–Trinajstić information content (AvgIpc) is 3.26. The molecule has 1 aliphatic rings. The van der Waals surface area contributed by atoms with Crippen LogP contribution in [0.4, 0.5) is 0 Å². The third-order valence-electron chi connectivity index (χ3n) is 7.27. The highest BCUT2D eigenvalue weighted by molar-refractivity contribution is 6.46. The molecule has 0 saturated carbocycles. The molecule has 1 heterocycles. The Balaban J connectivity index is 1.74. The van der Waals surface area contributed by atoms with Crippen molar-refractivity contribution in [3.63, 3.8) is 0 Å². The normalized spacial score (nSPS) is 16.3. The number of likely N-dealkylation sites (tertiary alicyclic amines) is 1. The van der Waals surface area contributed by atoms with Crippen molar-refractivity contribution in [3.05, 3.63) is 95.1 Å². The van der Waals surface area contributed by atoms with Crippen molar-refractivity contribution in [1.82, 2.24) is 9.80 Å². The number of rotatable bonds is 13. The van der Waals surface area contributed by atoms with Crippen LogP contribution in [0.1, 0.15) is 43.5 Å². The third-order valence-corrected chi connectivity index (χ3v) is 7.27. The number of likely N-dealkylation sites (N-methyl/N-ethyl adjacent to an activating group) is 1. The number of carbonyl (C=O) groups is 2. The van der Waals surface area contributed by atoms with Crippen molar-refractivity contribution in [3.8, 4) is 17.2 Å². The molecule has 0 radical (unpaired) electrons. The molecule has 4 rings (SSSR count). The van der Waals surface area contributed by atoms with E-state index >= 15 is 0 Å². The largest absolute Gasteiger partial charge is 0.507 e. The summed E-state index contributed by atoms with van der Waals surface area (Å²) in [6.45, 7) is 9.42. The first-order chi connectivity index (χ1) is 19.9. The summed E-state index contributed by atoms with van der Waals surface area (Å²) in [5, 5.41) is 11.4. The predicted octanol–water partition coefficient (Wildman–Crippen LogP) is 5.44. The number of carbonyl (C=O) groups excluding carboxylic acids is 2. The first-order valence-corrected chi connectivity index (χ1v) is 14.0. The van der Waals surface area contributed by atoms with Crippen LogP contribution in [0.2, 0.25) is 0 Å². The topological polar surface area (TPSA) is 88.5 Å². The van der Waals surface area contributed by atoms with Gasteiger partial charge in [0, 0.05) is 18.7 Å². The summed E-state index contributed by atoms with van der Waals surface area (Å²) in [6, 6.07) is 21.2. The van der Waals surface area contributed by atoms with Gasteiger partial charge < -0.3 is 29.1 Å². The first-order valence-electron chi connectivity index (χ1n) is 14.0. The van der Waals surface area contributed by atoms with Crippen LogP contribution in [0.5, 0.6) is 17.2 Å². The number of ether oxygens (including phenoxy) is 3. The number of amides is 1. The van der Waals surface area contributed by atoms with Crippen LogP contribution in [-0.2, 0) is 16.2 Å². The number of hydrogen-bond acceptors (Lipinski definition) is 7. The number of aliphatic hydroxyl groups is 1. The number of benzene rings is 3. The SMILES string of the molecule is CCOc1ccc(/C(O)=C2\C(=O)C(=O)N(CCN(CC)CC)C2c2ccc(OCc3ccccc3)c(OC)c2)cc1. The third kappa shape index (κ3) is 6.72. The molecular formula is C33H38N2O6. The van der Waals surface area contributed by atoms with E-state index in [-0.39, 0.29) is 11.3 Å². The molecule has 216 valence electrons. The maximum absolute atomic E-state index is 13.4. The second-order valence-electron chi connectivity index (χ2n) is 9.66. The number of methoxy groups -OCH3 is 1. The Labute approximate surface area is 241 Å². The first kappa shape index (κ1) is 29.7. The molecule has 1 unspecified atom stereocenters. The highest BCUT2D eigenvalue weighted by atomic mass is 16.5. The highest BCUT2D eigenvalue weighted by Gasteiger charge is 2.46. The molecular weight excluding hydrogens is 520 g/mol. The van der Waals surface area contributed by atoms with Crippen molar-refractivity contribution in [1.29, 1.82) is 0 Å². The fourth-order valence-electron chi connectivity index (χ4n) is 4.99. The Kier molecular flexibility index (Phi) is 10.0. The van der Waals surface area contributed by atoms with Gasteiger partial charge in [-0.15, -0.1) is 0 Å². The van der Waals surface area contributed by atoms with Crippen molar-refractivity contribution < 1.29 is 28.9 Å². The summed E-state index contributed by atoms with van der Waals surface area (Å²) in [7, 11) is 1.55. The van der Waals surface area contributed by atoms with Crippen LogP contribution in [0.25, 0.3) is 5.76 Å². The minimum absolute atomic E-state index is 0.0405. The average molecular weight is 559 g/mol. The van der Waals surface area contributed by atoms with Crippen LogP contribution in [0.3, 0.4) is 0 Å². The van der Waals surface area contributed by atoms with Crippen LogP contribution < -0.4 is 14.2 Å². The van der Waals surface area contributed by atoms with Crippen molar-refractivity contribution >= 4 is 17.4 Å². The molecule has 3 aromatic rings. The lowest BCUT2D eigenvalue weighted by Gasteiger charge is -2.28. The van der Waals surface area contributed by atoms with Crippen LogP contribution in [-0.4, -0.2) is 66.5 Å². The number of aliphatic hydroxyl groups excluding tert-OH is 1. The molecule has 8 heteroatoms. The van der Waals surface area contributed by atoms with Gasteiger partial charge in [0.25, 0.3) is 11.7 Å². The van der Waals surface area contributed by atoms with Gasteiger partial charge in [-0.25, -0.2) is 0 Å². The number of nitrogens with zero attached hydrogens (tertiary/aromatic N) is 2.